The Kier molecular flexibility index (Phi) is 4.70. The molecule has 112 valence electrons. The van der Waals surface area contributed by atoms with Gasteiger partial charge in [0.1, 0.15) is 4.88 Å². The fourth-order valence-electron chi connectivity index (χ4n) is 1.70. The number of rotatable bonds is 4. The zero-order valence-electron chi connectivity index (χ0n) is 11.2. The van der Waals surface area contributed by atoms with Crippen LogP contribution in [0.5, 0.6) is 0 Å². The number of carbonyl (C=O) groups is 1. The molecule has 1 N–H and O–H groups in total. The first-order valence-electron chi connectivity index (χ1n) is 5.80. The van der Waals surface area contributed by atoms with Crippen LogP contribution in [0.1, 0.15) is 15.2 Å². The first kappa shape index (κ1) is 16.0. The van der Waals surface area contributed by atoms with E-state index < -0.39 is 16.0 Å². The van der Waals surface area contributed by atoms with Crippen molar-refractivity contribution < 1.29 is 17.9 Å². The summed E-state index contributed by atoms with van der Waals surface area (Å²) in [5.41, 5.74) is 0.826. The average Bonchev–Trinajstić information content (AvgIpc) is 2.87. The molecule has 8 heteroatoms. The molecular formula is C13H12BrNO4S2. The van der Waals surface area contributed by atoms with Gasteiger partial charge in [-0.05, 0) is 36.1 Å². The van der Waals surface area contributed by atoms with E-state index in [1.54, 1.807) is 24.4 Å². The number of ether oxygens (including phenoxy) is 1. The number of esters is 1. The van der Waals surface area contributed by atoms with Gasteiger partial charge in [0.05, 0.1) is 17.7 Å². The summed E-state index contributed by atoms with van der Waals surface area (Å²) >= 11 is 4.37. The highest BCUT2D eigenvalue weighted by molar-refractivity contribution is 9.10. The van der Waals surface area contributed by atoms with Crippen LogP contribution in [0, 0.1) is 6.92 Å². The van der Waals surface area contributed by atoms with Gasteiger partial charge in [0.15, 0.2) is 0 Å². The van der Waals surface area contributed by atoms with Gasteiger partial charge in [0, 0.05) is 4.47 Å². The van der Waals surface area contributed by atoms with E-state index in [9.17, 15) is 13.2 Å². The van der Waals surface area contributed by atoms with E-state index in [0.29, 0.717) is 10.0 Å². The fourth-order valence-corrected chi connectivity index (χ4v) is 4.39. The van der Waals surface area contributed by atoms with Gasteiger partial charge in [-0.2, -0.15) is 0 Å². The van der Waals surface area contributed by atoms with Gasteiger partial charge < -0.3 is 4.74 Å². The number of nitrogens with one attached hydrogen (secondary N) is 1. The summed E-state index contributed by atoms with van der Waals surface area (Å²) in [6, 6.07) is 6.51. The second kappa shape index (κ2) is 6.17. The van der Waals surface area contributed by atoms with E-state index in [2.05, 4.69) is 25.4 Å². The van der Waals surface area contributed by atoms with Crippen LogP contribution in [0.4, 0.5) is 5.69 Å². The molecule has 0 amide bonds. The summed E-state index contributed by atoms with van der Waals surface area (Å²) in [5, 5.41) is 1.62. The molecular weight excluding hydrogens is 378 g/mol. The number of benzene rings is 1. The Hall–Kier alpha value is -1.38. The molecule has 5 nitrogen and oxygen atoms in total. The van der Waals surface area contributed by atoms with Crippen LogP contribution in [-0.2, 0) is 14.8 Å². The van der Waals surface area contributed by atoms with E-state index in [1.165, 1.54) is 19.2 Å². The lowest BCUT2D eigenvalue weighted by atomic mass is 10.2. The molecule has 0 unspecified atom stereocenters. The maximum atomic E-state index is 12.5. The van der Waals surface area contributed by atoms with Crippen LogP contribution in [0.25, 0.3) is 0 Å². The van der Waals surface area contributed by atoms with Crippen LogP contribution in [0.15, 0.2) is 39.0 Å². The fraction of sp³-hybridized carbons (Fsp3) is 0.154. The maximum Gasteiger partial charge on any atom is 0.350 e. The molecule has 0 aliphatic heterocycles. The van der Waals surface area contributed by atoms with Crippen molar-refractivity contribution in [3.8, 4) is 0 Å². The third-order valence-electron chi connectivity index (χ3n) is 2.72. The van der Waals surface area contributed by atoms with Crippen molar-refractivity contribution in [1.82, 2.24) is 0 Å². The van der Waals surface area contributed by atoms with Crippen LogP contribution in [0.3, 0.4) is 0 Å². The summed E-state index contributed by atoms with van der Waals surface area (Å²) in [5.74, 6) is -0.575. The predicted molar refractivity (Wildman–Crippen MR) is 85.3 cm³/mol. The largest absolute Gasteiger partial charge is 0.465 e. The zero-order valence-corrected chi connectivity index (χ0v) is 14.4. The third kappa shape index (κ3) is 3.45. The Balaban J connectivity index is 2.41. The smallest absolute Gasteiger partial charge is 0.350 e. The van der Waals surface area contributed by atoms with Gasteiger partial charge in [-0.3, -0.25) is 4.72 Å². The van der Waals surface area contributed by atoms with Crippen LogP contribution >= 0.6 is 27.3 Å². The minimum atomic E-state index is -3.78. The highest BCUT2D eigenvalue weighted by atomic mass is 79.9. The topological polar surface area (TPSA) is 72.5 Å². The number of anilines is 1. The molecule has 1 aromatic carbocycles. The first-order chi connectivity index (χ1) is 9.85. The molecule has 21 heavy (non-hydrogen) atoms. The number of hydrogen-bond acceptors (Lipinski definition) is 5. The van der Waals surface area contributed by atoms with E-state index in [0.717, 1.165) is 11.3 Å². The number of sulfonamides is 1. The van der Waals surface area contributed by atoms with Gasteiger partial charge in [-0.1, -0.05) is 22.0 Å². The SMILES string of the molecule is COC(=O)c1sccc1NS(=O)(=O)c1cc(Br)ccc1C. The van der Waals surface area contributed by atoms with Crippen molar-refractivity contribution >= 4 is 48.9 Å². The monoisotopic (exact) mass is 389 g/mol. The summed E-state index contributed by atoms with van der Waals surface area (Å²) in [4.78, 5) is 12.0. The minimum Gasteiger partial charge on any atom is -0.465 e. The predicted octanol–water partition coefficient (Wildman–Crippen LogP) is 3.41. The average molecular weight is 390 g/mol. The Morgan fingerprint density at radius 2 is 2.05 bits per heavy atom. The standard InChI is InChI=1S/C13H12BrNO4S2/c1-8-3-4-9(14)7-11(8)21(17,18)15-10-5-6-20-12(10)13(16)19-2/h3-7,15H,1-2H3. The molecule has 0 spiro atoms. The van der Waals surface area contributed by atoms with Gasteiger partial charge in [0.2, 0.25) is 0 Å². The van der Waals surface area contributed by atoms with Crippen molar-refractivity contribution in [1.29, 1.82) is 0 Å². The van der Waals surface area contributed by atoms with Crippen molar-refractivity contribution in [2.75, 3.05) is 11.8 Å². The van der Waals surface area contributed by atoms with Crippen molar-refractivity contribution in [3.05, 3.63) is 44.6 Å². The van der Waals surface area contributed by atoms with Crippen LogP contribution in [-0.4, -0.2) is 21.5 Å². The van der Waals surface area contributed by atoms with Gasteiger partial charge >= 0.3 is 5.97 Å². The molecule has 0 aliphatic rings. The Labute approximate surface area is 135 Å². The Bertz CT molecular complexity index is 783. The van der Waals surface area contributed by atoms with Crippen molar-refractivity contribution in [3.63, 3.8) is 0 Å². The molecule has 1 heterocycles. The lowest BCUT2D eigenvalue weighted by Gasteiger charge is -2.10. The molecule has 0 radical (unpaired) electrons. The van der Waals surface area contributed by atoms with Crippen molar-refractivity contribution in [2.24, 2.45) is 0 Å². The highest BCUT2D eigenvalue weighted by Crippen LogP contribution is 2.28. The third-order valence-corrected chi connectivity index (χ3v) is 5.62. The second-order valence-electron chi connectivity index (χ2n) is 4.17. The summed E-state index contributed by atoms with van der Waals surface area (Å²) < 4.78 is 32.6. The summed E-state index contributed by atoms with van der Waals surface area (Å²) in [6.07, 6.45) is 0. The summed E-state index contributed by atoms with van der Waals surface area (Å²) in [6.45, 7) is 1.70. The number of aryl methyl sites for hydroxylation is 1. The molecule has 0 bridgehead atoms. The van der Waals surface area contributed by atoms with Gasteiger partial charge in [0.25, 0.3) is 10.0 Å². The zero-order chi connectivity index (χ0) is 15.6. The van der Waals surface area contributed by atoms with Gasteiger partial charge in [-0.15, -0.1) is 11.3 Å². The molecule has 0 fully saturated rings. The molecule has 0 aliphatic carbocycles. The number of halogens is 1. The van der Waals surface area contributed by atoms with E-state index in [-0.39, 0.29) is 15.5 Å². The van der Waals surface area contributed by atoms with E-state index in [4.69, 9.17) is 0 Å². The Morgan fingerprint density at radius 3 is 2.71 bits per heavy atom. The summed E-state index contributed by atoms with van der Waals surface area (Å²) in [7, 11) is -2.53. The van der Waals surface area contributed by atoms with Crippen molar-refractivity contribution in [2.45, 2.75) is 11.8 Å². The van der Waals surface area contributed by atoms with Crippen LogP contribution in [0.2, 0.25) is 0 Å². The molecule has 0 saturated heterocycles. The molecule has 2 aromatic rings. The first-order valence-corrected chi connectivity index (χ1v) is 8.95. The normalized spacial score (nSPS) is 11.2. The number of methoxy groups -OCH3 is 1. The van der Waals surface area contributed by atoms with E-state index >= 15 is 0 Å². The maximum absolute atomic E-state index is 12.5. The second-order valence-corrected chi connectivity index (χ2v) is 7.65. The molecule has 2 rings (SSSR count). The highest BCUT2D eigenvalue weighted by Gasteiger charge is 2.22. The minimum absolute atomic E-state index is 0.152. The lowest BCUT2D eigenvalue weighted by Crippen LogP contribution is -2.15. The molecule has 0 atom stereocenters. The van der Waals surface area contributed by atoms with E-state index in [1.807, 2.05) is 0 Å². The number of thiophene rings is 1. The lowest BCUT2D eigenvalue weighted by molar-refractivity contribution is 0.0607. The molecule has 0 saturated carbocycles. The number of hydrogen-bond donors (Lipinski definition) is 1. The quantitative estimate of drug-likeness (QED) is 0.813. The Morgan fingerprint density at radius 1 is 1.33 bits per heavy atom. The van der Waals surface area contributed by atoms with Crippen LogP contribution < -0.4 is 4.72 Å². The molecule has 1 aromatic heterocycles. The number of carbonyl (C=O) groups excluding carboxylic acids is 1. The van der Waals surface area contributed by atoms with Gasteiger partial charge in [-0.25, -0.2) is 13.2 Å².